The maximum absolute atomic E-state index is 12.1. The number of ether oxygens (including phenoxy) is 2. The van der Waals surface area contributed by atoms with Crippen molar-refractivity contribution in [1.82, 2.24) is 20.4 Å². The van der Waals surface area contributed by atoms with E-state index >= 15 is 0 Å². The van der Waals surface area contributed by atoms with Crippen LogP contribution in [0.2, 0.25) is 0 Å². The highest BCUT2D eigenvalue weighted by Crippen LogP contribution is 2.26. The second kappa shape index (κ2) is 7.52. The van der Waals surface area contributed by atoms with Crippen molar-refractivity contribution in [2.24, 2.45) is 0 Å². The SMILES string of the molecule is COCc1noc(CNC(=O)N2CC(Oc3c(C)cccc3C)C2)n1. The van der Waals surface area contributed by atoms with E-state index in [1.807, 2.05) is 32.0 Å². The van der Waals surface area contributed by atoms with Crippen LogP contribution in [0.1, 0.15) is 22.8 Å². The molecule has 0 unspecified atom stereocenters. The van der Waals surface area contributed by atoms with Crippen LogP contribution in [0.25, 0.3) is 0 Å². The lowest BCUT2D eigenvalue weighted by atomic mass is 10.1. The number of nitrogens with one attached hydrogen (secondary N) is 1. The number of methoxy groups -OCH3 is 1. The Morgan fingerprint density at radius 3 is 2.76 bits per heavy atom. The molecule has 1 saturated heterocycles. The van der Waals surface area contributed by atoms with Crippen LogP contribution in [0, 0.1) is 13.8 Å². The molecule has 25 heavy (non-hydrogen) atoms. The van der Waals surface area contributed by atoms with Gasteiger partial charge in [-0.3, -0.25) is 0 Å². The van der Waals surface area contributed by atoms with Gasteiger partial charge in [-0.2, -0.15) is 4.98 Å². The molecule has 134 valence electrons. The van der Waals surface area contributed by atoms with E-state index in [4.69, 9.17) is 14.0 Å². The van der Waals surface area contributed by atoms with E-state index in [9.17, 15) is 4.79 Å². The number of carbonyl (C=O) groups excluding carboxylic acids is 1. The van der Waals surface area contributed by atoms with Crippen molar-refractivity contribution in [3.05, 3.63) is 41.0 Å². The summed E-state index contributed by atoms with van der Waals surface area (Å²) in [5.41, 5.74) is 2.21. The molecule has 1 fully saturated rings. The Balaban J connectivity index is 1.43. The second-order valence-corrected chi connectivity index (χ2v) is 6.06. The monoisotopic (exact) mass is 346 g/mol. The Morgan fingerprint density at radius 1 is 1.36 bits per heavy atom. The summed E-state index contributed by atoms with van der Waals surface area (Å²) in [6, 6.07) is 5.88. The van der Waals surface area contributed by atoms with Gasteiger partial charge in [0.05, 0.1) is 19.6 Å². The zero-order valence-electron chi connectivity index (χ0n) is 14.6. The smallest absolute Gasteiger partial charge is 0.318 e. The topological polar surface area (TPSA) is 89.7 Å². The van der Waals surface area contributed by atoms with Gasteiger partial charge in [-0.15, -0.1) is 0 Å². The minimum absolute atomic E-state index is 0.0160. The summed E-state index contributed by atoms with van der Waals surface area (Å²) < 4.78 is 15.9. The first-order chi connectivity index (χ1) is 12.1. The maximum atomic E-state index is 12.1. The molecule has 8 heteroatoms. The number of para-hydroxylation sites is 1. The standard InChI is InChI=1S/C17H22N4O4/c1-11-5-4-6-12(2)16(11)24-13-8-21(9-13)17(22)18-7-15-19-14(10-23-3)20-25-15/h4-6,13H,7-10H2,1-3H3,(H,18,22). The molecule has 0 saturated carbocycles. The van der Waals surface area contributed by atoms with Gasteiger partial charge in [-0.1, -0.05) is 23.4 Å². The first-order valence-corrected chi connectivity index (χ1v) is 8.13. The number of nitrogens with zero attached hydrogens (tertiary/aromatic N) is 3. The number of hydrogen-bond acceptors (Lipinski definition) is 6. The van der Waals surface area contributed by atoms with E-state index in [1.165, 1.54) is 0 Å². The molecule has 1 aliphatic rings. The average molecular weight is 346 g/mol. The number of rotatable bonds is 6. The third-order valence-corrected chi connectivity index (χ3v) is 4.00. The van der Waals surface area contributed by atoms with E-state index in [-0.39, 0.29) is 25.3 Å². The lowest BCUT2D eigenvalue weighted by Crippen LogP contribution is -2.58. The molecular formula is C17H22N4O4. The van der Waals surface area contributed by atoms with E-state index in [1.54, 1.807) is 12.0 Å². The van der Waals surface area contributed by atoms with Crippen LogP contribution in [0.5, 0.6) is 5.75 Å². The van der Waals surface area contributed by atoms with Gasteiger partial charge < -0.3 is 24.2 Å². The fraction of sp³-hybridized carbons (Fsp3) is 0.471. The normalized spacial score (nSPS) is 14.3. The summed E-state index contributed by atoms with van der Waals surface area (Å²) in [6.07, 6.45) is 0.0160. The Morgan fingerprint density at radius 2 is 2.08 bits per heavy atom. The summed E-state index contributed by atoms with van der Waals surface area (Å²) >= 11 is 0. The number of aryl methyl sites for hydroxylation is 2. The molecule has 3 rings (SSSR count). The molecule has 1 aromatic heterocycles. The molecule has 0 aliphatic carbocycles. The predicted molar refractivity (Wildman–Crippen MR) is 89.2 cm³/mol. The van der Waals surface area contributed by atoms with Crippen molar-refractivity contribution in [3.63, 3.8) is 0 Å². The van der Waals surface area contributed by atoms with Gasteiger partial charge in [0.15, 0.2) is 5.82 Å². The number of aromatic nitrogens is 2. The minimum Gasteiger partial charge on any atom is -0.486 e. The molecule has 0 radical (unpaired) electrons. The lowest BCUT2D eigenvalue weighted by molar-refractivity contribution is 0.0432. The molecule has 0 atom stereocenters. The fourth-order valence-electron chi connectivity index (χ4n) is 2.64. The molecule has 1 aliphatic heterocycles. The molecule has 0 bridgehead atoms. The van der Waals surface area contributed by atoms with Gasteiger partial charge in [0.25, 0.3) is 0 Å². The van der Waals surface area contributed by atoms with Crippen molar-refractivity contribution >= 4 is 6.03 Å². The molecule has 0 spiro atoms. The van der Waals surface area contributed by atoms with Crippen LogP contribution in [-0.4, -0.2) is 47.4 Å². The Kier molecular flexibility index (Phi) is 5.18. The predicted octanol–water partition coefficient (Wildman–Crippen LogP) is 1.81. The highest BCUT2D eigenvalue weighted by atomic mass is 16.5. The zero-order chi connectivity index (χ0) is 17.8. The van der Waals surface area contributed by atoms with Crippen molar-refractivity contribution in [1.29, 1.82) is 0 Å². The van der Waals surface area contributed by atoms with Gasteiger partial charge in [0.1, 0.15) is 18.5 Å². The van der Waals surface area contributed by atoms with E-state index < -0.39 is 0 Å². The number of urea groups is 1. The number of amides is 2. The van der Waals surface area contributed by atoms with Crippen LogP contribution in [0.15, 0.2) is 22.7 Å². The fourth-order valence-corrected chi connectivity index (χ4v) is 2.64. The molecule has 2 aromatic rings. The number of likely N-dealkylation sites (tertiary alicyclic amines) is 1. The first-order valence-electron chi connectivity index (χ1n) is 8.13. The summed E-state index contributed by atoms with van der Waals surface area (Å²) in [5, 5.41) is 6.50. The Hall–Kier alpha value is -2.61. The second-order valence-electron chi connectivity index (χ2n) is 6.06. The molecule has 2 amide bonds. The van der Waals surface area contributed by atoms with Gasteiger partial charge in [-0.25, -0.2) is 4.79 Å². The van der Waals surface area contributed by atoms with E-state index in [2.05, 4.69) is 15.5 Å². The van der Waals surface area contributed by atoms with Crippen LogP contribution >= 0.6 is 0 Å². The van der Waals surface area contributed by atoms with Gasteiger partial charge in [-0.05, 0) is 25.0 Å². The van der Waals surface area contributed by atoms with Crippen molar-refractivity contribution in [3.8, 4) is 5.75 Å². The summed E-state index contributed by atoms with van der Waals surface area (Å²) in [7, 11) is 1.55. The number of benzene rings is 1. The quantitative estimate of drug-likeness (QED) is 0.858. The van der Waals surface area contributed by atoms with Crippen molar-refractivity contribution < 1.29 is 18.8 Å². The van der Waals surface area contributed by atoms with Crippen molar-refractivity contribution in [2.45, 2.75) is 33.1 Å². The molecule has 2 heterocycles. The first kappa shape index (κ1) is 17.2. The van der Waals surface area contributed by atoms with E-state index in [0.29, 0.717) is 24.8 Å². The van der Waals surface area contributed by atoms with Crippen LogP contribution in [0.4, 0.5) is 4.79 Å². The van der Waals surface area contributed by atoms with Crippen LogP contribution in [0.3, 0.4) is 0 Å². The average Bonchev–Trinajstić information content (AvgIpc) is 2.98. The van der Waals surface area contributed by atoms with Crippen molar-refractivity contribution in [2.75, 3.05) is 20.2 Å². The van der Waals surface area contributed by atoms with Gasteiger partial charge >= 0.3 is 6.03 Å². The number of carbonyl (C=O) groups is 1. The van der Waals surface area contributed by atoms with Crippen LogP contribution in [-0.2, 0) is 17.9 Å². The summed E-state index contributed by atoms with van der Waals surface area (Å²) in [4.78, 5) is 17.9. The Labute approximate surface area is 146 Å². The van der Waals surface area contributed by atoms with Gasteiger partial charge in [0, 0.05) is 7.11 Å². The highest BCUT2D eigenvalue weighted by molar-refractivity contribution is 5.75. The van der Waals surface area contributed by atoms with Gasteiger partial charge in [0.2, 0.25) is 5.89 Å². The summed E-state index contributed by atoms with van der Waals surface area (Å²) in [6.45, 7) is 5.62. The lowest BCUT2D eigenvalue weighted by Gasteiger charge is -2.39. The van der Waals surface area contributed by atoms with E-state index in [0.717, 1.165) is 16.9 Å². The Bertz CT molecular complexity index is 720. The summed E-state index contributed by atoms with van der Waals surface area (Å²) in [5.74, 6) is 1.71. The zero-order valence-corrected chi connectivity index (χ0v) is 14.6. The molecule has 8 nitrogen and oxygen atoms in total. The maximum Gasteiger partial charge on any atom is 0.318 e. The molecule has 1 aromatic carbocycles. The third-order valence-electron chi connectivity index (χ3n) is 4.00. The highest BCUT2D eigenvalue weighted by Gasteiger charge is 2.32. The molecular weight excluding hydrogens is 324 g/mol. The van der Waals surface area contributed by atoms with Crippen LogP contribution < -0.4 is 10.1 Å². The largest absolute Gasteiger partial charge is 0.486 e. The third kappa shape index (κ3) is 4.08. The number of hydrogen-bond donors (Lipinski definition) is 1. The minimum atomic E-state index is -0.173. The molecule has 1 N–H and O–H groups in total.